The second-order valence-electron chi connectivity index (χ2n) is 3.98. The fourth-order valence-electron chi connectivity index (χ4n) is 1.79. The molecule has 0 fully saturated rings. The molecule has 0 spiro atoms. The third-order valence-electron chi connectivity index (χ3n) is 2.76. The molecule has 0 aliphatic heterocycles. The first kappa shape index (κ1) is 11.9. The van der Waals surface area contributed by atoms with Crippen molar-refractivity contribution in [1.29, 1.82) is 0 Å². The lowest BCUT2D eigenvalue weighted by atomic mass is 10.3. The zero-order valence-electron chi connectivity index (χ0n) is 10.2. The standard InChI is InChI=1S/C14H11ClN2O2/c1-18-9-2-4-10(5-3-9)19-14-7-13-12(6-11(14)15)16-8-17-13/h2-8H,1H3,(H,16,17). The lowest BCUT2D eigenvalue weighted by Crippen LogP contribution is -1.87. The first-order valence-electron chi connectivity index (χ1n) is 5.71. The first-order chi connectivity index (χ1) is 9.26. The molecule has 0 amide bonds. The molecule has 96 valence electrons. The number of nitrogens with zero attached hydrogens (tertiary/aromatic N) is 1. The minimum absolute atomic E-state index is 0.535. The molecule has 0 atom stereocenters. The number of imidazole rings is 1. The van der Waals surface area contributed by atoms with Gasteiger partial charge < -0.3 is 14.5 Å². The molecule has 3 rings (SSSR count). The van der Waals surface area contributed by atoms with Crippen molar-refractivity contribution in [2.45, 2.75) is 0 Å². The number of nitrogens with one attached hydrogen (secondary N) is 1. The van der Waals surface area contributed by atoms with Gasteiger partial charge in [-0.15, -0.1) is 0 Å². The highest BCUT2D eigenvalue weighted by Crippen LogP contribution is 2.32. The van der Waals surface area contributed by atoms with E-state index in [1.807, 2.05) is 24.3 Å². The Morgan fingerprint density at radius 3 is 2.58 bits per heavy atom. The Balaban J connectivity index is 1.92. The lowest BCUT2D eigenvalue weighted by molar-refractivity contribution is 0.413. The molecule has 0 aliphatic carbocycles. The molecular weight excluding hydrogens is 264 g/mol. The zero-order chi connectivity index (χ0) is 13.2. The largest absolute Gasteiger partial charge is 0.497 e. The summed E-state index contributed by atoms with van der Waals surface area (Å²) in [7, 11) is 1.62. The Hall–Kier alpha value is -2.20. The summed E-state index contributed by atoms with van der Waals surface area (Å²) in [4.78, 5) is 7.17. The molecule has 3 aromatic rings. The number of hydrogen-bond donors (Lipinski definition) is 1. The quantitative estimate of drug-likeness (QED) is 0.785. The molecule has 1 N–H and O–H groups in total. The number of benzene rings is 2. The van der Waals surface area contributed by atoms with Crippen molar-refractivity contribution in [1.82, 2.24) is 9.97 Å². The Labute approximate surface area is 114 Å². The SMILES string of the molecule is COc1ccc(Oc2cc3nc[nH]c3cc2Cl)cc1. The number of H-pyrrole nitrogens is 1. The van der Waals surface area contributed by atoms with Crippen molar-refractivity contribution < 1.29 is 9.47 Å². The highest BCUT2D eigenvalue weighted by atomic mass is 35.5. The highest BCUT2D eigenvalue weighted by Gasteiger charge is 2.07. The molecule has 1 aromatic heterocycles. The highest BCUT2D eigenvalue weighted by molar-refractivity contribution is 6.32. The van der Waals surface area contributed by atoms with Gasteiger partial charge in [0.2, 0.25) is 0 Å². The van der Waals surface area contributed by atoms with E-state index in [2.05, 4.69) is 9.97 Å². The number of aromatic amines is 1. The minimum Gasteiger partial charge on any atom is -0.497 e. The van der Waals surface area contributed by atoms with Gasteiger partial charge in [0.1, 0.15) is 17.2 Å². The van der Waals surface area contributed by atoms with Crippen molar-refractivity contribution in [3.05, 3.63) is 47.7 Å². The van der Waals surface area contributed by atoms with Crippen LogP contribution in [0.1, 0.15) is 0 Å². The summed E-state index contributed by atoms with van der Waals surface area (Å²) in [6.07, 6.45) is 1.62. The van der Waals surface area contributed by atoms with Gasteiger partial charge in [-0.3, -0.25) is 0 Å². The van der Waals surface area contributed by atoms with E-state index in [1.54, 1.807) is 25.6 Å². The number of rotatable bonds is 3. The lowest BCUT2D eigenvalue weighted by Gasteiger charge is -2.08. The van der Waals surface area contributed by atoms with Crippen molar-refractivity contribution in [3.8, 4) is 17.2 Å². The maximum atomic E-state index is 6.17. The average molecular weight is 275 g/mol. The second-order valence-corrected chi connectivity index (χ2v) is 4.39. The van der Waals surface area contributed by atoms with E-state index in [4.69, 9.17) is 21.1 Å². The maximum Gasteiger partial charge on any atom is 0.148 e. The van der Waals surface area contributed by atoms with Crippen LogP contribution in [0.4, 0.5) is 0 Å². The predicted molar refractivity (Wildman–Crippen MR) is 74.2 cm³/mol. The number of aromatic nitrogens is 2. The Bertz CT molecular complexity index is 707. The van der Waals surface area contributed by atoms with Gasteiger partial charge in [0.05, 0.1) is 29.5 Å². The number of ether oxygens (including phenoxy) is 2. The third-order valence-corrected chi connectivity index (χ3v) is 3.06. The smallest absolute Gasteiger partial charge is 0.148 e. The fourth-order valence-corrected chi connectivity index (χ4v) is 1.99. The van der Waals surface area contributed by atoms with Crippen LogP contribution in [0.25, 0.3) is 11.0 Å². The summed E-state index contributed by atoms with van der Waals surface area (Å²) in [5.74, 6) is 2.05. The van der Waals surface area contributed by atoms with E-state index in [0.717, 1.165) is 16.8 Å². The van der Waals surface area contributed by atoms with Gasteiger partial charge >= 0.3 is 0 Å². The number of hydrogen-bond acceptors (Lipinski definition) is 3. The van der Waals surface area contributed by atoms with Crippen LogP contribution in [0.2, 0.25) is 5.02 Å². The number of methoxy groups -OCH3 is 1. The van der Waals surface area contributed by atoms with Crippen LogP contribution in [0.15, 0.2) is 42.7 Å². The van der Waals surface area contributed by atoms with Crippen LogP contribution in [0.3, 0.4) is 0 Å². The summed E-state index contributed by atoms with van der Waals surface area (Å²) < 4.78 is 10.8. The van der Waals surface area contributed by atoms with Crippen molar-refractivity contribution in [2.24, 2.45) is 0 Å². The second kappa shape index (κ2) is 4.82. The number of halogens is 1. The normalized spacial score (nSPS) is 10.6. The van der Waals surface area contributed by atoms with Crippen LogP contribution >= 0.6 is 11.6 Å². The molecule has 2 aromatic carbocycles. The van der Waals surface area contributed by atoms with E-state index in [0.29, 0.717) is 16.5 Å². The van der Waals surface area contributed by atoms with Gasteiger partial charge in [0, 0.05) is 6.07 Å². The van der Waals surface area contributed by atoms with E-state index >= 15 is 0 Å². The number of fused-ring (bicyclic) bond motifs is 1. The van der Waals surface area contributed by atoms with Gasteiger partial charge in [0.15, 0.2) is 0 Å². The molecule has 0 radical (unpaired) electrons. The molecule has 0 aliphatic rings. The molecule has 1 heterocycles. The zero-order valence-corrected chi connectivity index (χ0v) is 10.9. The Kier molecular flexibility index (Phi) is 3.01. The molecule has 0 unspecified atom stereocenters. The molecule has 19 heavy (non-hydrogen) atoms. The summed E-state index contributed by atoms with van der Waals surface area (Å²) in [6.45, 7) is 0. The fraction of sp³-hybridized carbons (Fsp3) is 0.0714. The summed E-state index contributed by atoms with van der Waals surface area (Å²) in [5.41, 5.74) is 1.69. The van der Waals surface area contributed by atoms with Crippen LogP contribution in [0, 0.1) is 0 Å². The van der Waals surface area contributed by atoms with Crippen LogP contribution in [-0.2, 0) is 0 Å². The van der Waals surface area contributed by atoms with E-state index in [1.165, 1.54) is 0 Å². The first-order valence-corrected chi connectivity index (χ1v) is 6.08. The predicted octanol–water partition coefficient (Wildman–Crippen LogP) is 4.02. The summed E-state index contributed by atoms with van der Waals surface area (Å²) in [6, 6.07) is 10.9. The topological polar surface area (TPSA) is 47.1 Å². The van der Waals surface area contributed by atoms with Gasteiger partial charge in [0.25, 0.3) is 0 Å². The van der Waals surface area contributed by atoms with Crippen molar-refractivity contribution >= 4 is 22.6 Å². The third kappa shape index (κ3) is 2.35. The average Bonchev–Trinajstić information content (AvgIpc) is 2.87. The molecule has 5 heteroatoms. The molecule has 4 nitrogen and oxygen atoms in total. The van der Waals surface area contributed by atoms with Crippen LogP contribution in [0.5, 0.6) is 17.2 Å². The molecule has 0 bridgehead atoms. The van der Waals surface area contributed by atoms with Gasteiger partial charge in [-0.2, -0.15) is 0 Å². The van der Waals surface area contributed by atoms with E-state index in [9.17, 15) is 0 Å². The van der Waals surface area contributed by atoms with Crippen molar-refractivity contribution in [2.75, 3.05) is 7.11 Å². The molecular formula is C14H11ClN2O2. The molecule has 0 saturated carbocycles. The Morgan fingerprint density at radius 2 is 1.84 bits per heavy atom. The van der Waals surface area contributed by atoms with E-state index in [-0.39, 0.29) is 0 Å². The summed E-state index contributed by atoms with van der Waals surface area (Å²) in [5, 5.41) is 0.535. The maximum absolute atomic E-state index is 6.17. The van der Waals surface area contributed by atoms with Gasteiger partial charge in [-0.05, 0) is 30.3 Å². The van der Waals surface area contributed by atoms with Crippen LogP contribution < -0.4 is 9.47 Å². The minimum atomic E-state index is 0.535. The van der Waals surface area contributed by atoms with E-state index < -0.39 is 0 Å². The summed E-state index contributed by atoms with van der Waals surface area (Å²) >= 11 is 6.17. The Morgan fingerprint density at radius 1 is 1.11 bits per heavy atom. The molecule has 0 saturated heterocycles. The van der Waals surface area contributed by atoms with Gasteiger partial charge in [-0.1, -0.05) is 11.6 Å². The van der Waals surface area contributed by atoms with Crippen LogP contribution in [-0.4, -0.2) is 17.1 Å². The van der Waals surface area contributed by atoms with Gasteiger partial charge in [-0.25, -0.2) is 4.98 Å². The monoisotopic (exact) mass is 274 g/mol. The van der Waals surface area contributed by atoms with Crippen molar-refractivity contribution in [3.63, 3.8) is 0 Å².